The highest BCUT2D eigenvalue weighted by Gasteiger charge is 2.21. The fraction of sp³-hybridized carbons (Fsp3) is 0.727. The molecule has 0 amide bonds. The van der Waals surface area contributed by atoms with Crippen LogP contribution in [-0.4, -0.2) is 23.2 Å². The topological polar surface area (TPSA) is 49.3 Å². The van der Waals surface area contributed by atoms with Crippen molar-refractivity contribution in [1.29, 1.82) is 0 Å². The van der Waals surface area contributed by atoms with Gasteiger partial charge in [0.2, 0.25) is 0 Å². The molecule has 0 rings (SSSR count). The maximum Gasteiger partial charge on any atom is 0.303 e. The molecule has 0 aromatic rings. The molecule has 0 aromatic carbocycles. The first-order chi connectivity index (χ1) is 6.60. The van der Waals surface area contributed by atoms with Crippen molar-refractivity contribution in [2.24, 2.45) is 0 Å². The van der Waals surface area contributed by atoms with Gasteiger partial charge in [-0.1, -0.05) is 19.8 Å². The number of nitrogens with one attached hydrogen (secondary N) is 1. The van der Waals surface area contributed by atoms with Crippen LogP contribution < -0.4 is 5.32 Å². The van der Waals surface area contributed by atoms with Gasteiger partial charge in [-0.05, 0) is 25.8 Å². The van der Waals surface area contributed by atoms with Gasteiger partial charge in [-0.2, -0.15) is 0 Å². The molecule has 2 N–H and O–H groups in total. The summed E-state index contributed by atoms with van der Waals surface area (Å²) in [7, 11) is 0. The standard InChI is InChI=1S/C11H19NO2/c1-4-11(5-2,6-3)12-9-7-8-10(13)14/h1,12H,5-9H2,2-3H3,(H,13,14). The Bertz CT molecular complexity index is 214. The van der Waals surface area contributed by atoms with Gasteiger partial charge in [0.1, 0.15) is 0 Å². The van der Waals surface area contributed by atoms with Gasteiger partial charge in [0, 0.05) is 6.42 Å². The second-order valence-electron chi connectivity index (χ2n) is 3.36. The van der Waals surface area contributed by atoms with Crippen molar-refractivity contribution in [3.05, 3.63) is 0 Å². The molecule has 3 heteroatoms. The lowest BCUT2D eigenvalue weighted by molar-refractivity contribution is -0.137. The zero-order valence-electron chi connectivity index (χ0n) is 8.97. The average molecular weight is 197 g/mol. The Labute approximate surface area is 85.9 Å². The molecule has 0 heterocycles. The van der Waals surface area contributed by atoms with Gasteiger partial charge >= 0.3 is 5.97 Å². The predicted octanol–water partition coefficient (Wildman–Crippen LogP) is 1.63. The van der Waals surface area contributed by atoms with E-state index < -0.39 is 5.97 Å². The van der Waals surface area contributed by atoms with E-state index in [0.29, 0.717) is 13.0 Å². The zero-order valence-corrected chi connectivity index (χ0v) is 8.97. The summed E-state index contributed by atoms with van der Waals surface area (Å²) >= 11 is 0. The van der Waals surface area contributed by atoms with E-state index in [-0.39, 0.29) is 12.0 Å². The van der Waals surface area contributed by atoms with Gasteiger partial charge in [-0.25, -0.2) is 0 Å². The summed E-state index contributed by atoms with van der Waals surface area (Å²) in [6.07, 6.45) is 8.00. The Morgan fingerprint density at radius 1 is 1.50 bits per heavy atom. The minimum Gasteiger partial charge on any atom is -0.481 e. The summed E-state index contributed by atoms with van der Waals surface area (Å²) in [6.45, 7) is 4.74. The van der Waals surface area contributed by atoms with E-state index in [1.165, 1.54) is 0 Å². The van der Waals surface area contributed by atoms with Crippen LogP contribution in [0.1, 0.15) is 39.5 Å². The molecule has 0 fully saturated rings. The molecule has 0 saturated heterocycles. The Morgan fingerprint density at radius 2 is 2.07 bits per heavy atom. The number of carboxylic acid groups (broad SMARTS) is 1. The number of carbonyl (C=O) groups is 1. The van der Waals surface area contributed by atoms with E-state index in [4.69, 9.17) is 11.5 Å². The van der Waals surface area contributed by atoms with Crippen molar-refractivity contribution in [2.75, 3.05) is 6.54 Å². The first kappa shape index (κ1) is 13.0. The molecule has 0 atom stereocenters. The third kappa shape index (κ3) is 4.29. The number of hydrogen-bond donors (Lipinski definition) is 2. The first-order valence-electron chi connectivity index (χ1n) is 5.04. The highest BCUT2D eigenvalue weighted by Crippen LogP contribution is 2.13. The molecule has 0 spiro atoms. The summed E-state index contributed by atoms with van der Waals surface area (Å²) < 4.78 is 0. The van der Waals surface area contributed by atoms with Crippen molar-refractivity contribution < 1.29 is 9.90 Å². The molecule has 0 bridgehead atoms. The highest BCUT2D eigenvalue weighted by molar-refractivity contribution is 5.66. The third-order valence-corrected chi connectivity index (χ3v) is 2.51. The highest BCUT2D eigenvalue weighted by atomic mass is 16.4. The fourth-order valence-corrected chi connectivity index (χ4v) is 1.32. The summed E-state index contributed by atoms with van der Waals surface area (Å²) in [6, 6.07) is 0. The van der Waals surface area contributed by atoms with Crippen LogP contribution >= 0.6 is 0 Å². The molecule has 0 aliphatic rings. The number of hydrogen-bond acceptors (Lipinski definition) is 2. The predicted molar refractivity (Wildman–Crippen MR) is 57.0 cm³/mol. The van der Waals surface area contributed by atoms with Crippen LogP contribution in [0.3, 0.4) is 0 Å². The maximum absolute atomic E-state index is 10.3. The number of rotatable bonds is 7. The lowest BCUT2D eigenvalue weighted by atomic mass is 9.94. The van der Waals surface area contributed by atoms with Crippen LogP contribution in [-0.2, 0) is 4.79 Å². The van der Waals surface area contributed by atoms with Gasteiger partial charge in [-0.3, -0.25) is 4.79 Å². The molecule has 0 aliphatic heterocycles. The molecule has 80 valence electrons. The molecule has 0 aliphatic carbocycles. The van der Waals surface area contributed by atoms with E-state index in [1.807, 2.05) is 13.8 Å². The Kier molecular flexibility index (Phi) is 5.98. The van der Waals surface area contributed by atoms with Crippen LogP contribution in [0, 0.1) is 12.3 Å². The summed E-state index contributed by atoms with van der Waals surface area (Å²) in [5.74, 6) is 1.99. The van der Waals surface area contributed by atoms with Crippen LogP contribution in [0.15, 0.2) is 0 Å². The number of carboxylic acids is 1. The van der Waals surface area contributed by atoms with E-state index in [0.717, 1.165) is 12.8 Å². The molecule has 3 nitrogen and oxygen atoms in total. The Balaban J connectivity index is 3.84. The molecular formula is C11H19NO2. The van der Waals surface area contributed by atoms with Crippen LogP contribution in [0.25, 0.3) is 0 Å². The van der Waals surface area contributed by atoms with E-state index >= 15 is 0 Å². The minimum absolute atomic E-state index is 0.196. The molecule has 0 unspecified atom stereocenters. The van der Waals surface area contributed by atoms with Crippen LogP contribution in [0.5, 0.6) is 0 Å². The van der Waals surface area contributed by atoms with E-state index in [9.17, 15) is 4.79 Å². The normalized spacial score (nSPS) is 10.9. The largest absolute Gasteiger partial charge is 0.481 e. The third-order valence-electron chi connectivity index (χ3n) is 2.51. The average Bonchev–Trinajstić information content (AvgIpc) is 2.19. The second-order valence-corrected chi connectivity index (χ2v) is 3.36. The lowest BCUT2D eigenvalue weighted by Crippen LogP contribution is -2.43. The second kappa shape index (κ2) is 6.44. The molecule has 0 radical (unpaired) electrons. The first-order valence-corrected chi connectivity index (χ1v) is 5.04. The van der Waals surface area contributed by atoms with E-state index in [2.05, 4.69) is 11.2 Å². The SMILES string of the molecule is C#CC(CC)(CC)NCCCC(=O)O. The number of aliphatic carboxylic acids is 1. The van der Waals surface area contributed by atoms with Gasteiger partial charge in [0.25, 0.3) is 0 Å². The Hall–Kier alpha value is -1.01. The van der Waals surface area contributed by atoms with Gasteiger partial charge in [0.05, 0.1) is 5.54 Å². The summed E-state index contributed by atoms with van der Waals surface area (Å²) in [5, 5.41) is 11.7. The van der Waals surface area contributed by atoms with Crippen molar-refractivity contribution in [3.63, 3.8) is 0 Å². The Morgan fingerprint density at radius 3 is 2.43 bits per heavy atom. The summed E-state index contributed by atoms with van der Waals surface area (Å²) in [5.41, 5.74) is -0.251. The zero-order chi connectivity index (χ0) is 11.0. The smallest absolute Gasteiger partial charge is 0.303 e. The molecule has 0 aromatic heterocycles. The minimum atomic E-state index is -0.758. The molecule has 0 saturated carbocycles. The maximum atomic E-state index is 10.3. The van der Waals surface area contributed by atoms with Gasteiger partial charge in [-0.15, -0.1) is 6.42 Å². The fourth-order valence-electron chi connectivity index (χ4n) is 1.32. The van der Waals surface area contributed by atoms with Gasteiger partial charge < -0.3 is 10.4 Å². The van der Waals surface area contributed by atoms with Crippen LogP contribution in [0.2, 0.25) is 0 Å². The van der Waals surface area contributed by atoms with Crippen molar-refractivity contribution in [1.82, 2.24) is 5.32 Å². The molecule has 14 heavy (non-hydrogen) atoms. The summed E-state index contributed by atoms with van der Waals surface area (Å²) in [4.78, 5) is 10.3. The van der Waals surface area contributed by atoms with Crippen molar-refractivity contribution >= 4 is 5.97 Å². The number of terminal acetylenes is 1. The van der Waals surface area contributed by atoms with Crippen molar-refractivity contribution in [3.8, 4) is 12.3 Å². The van der Waals surface area contributed by atoms with E-state index in [1.54, 1.807) is 0 Å². The monoisotopic (exact) mass is 197 g/mol. The molecular weight excluding hydrogens is 178 g/mol. The van der Waals surface area contributed by atoms with Gasteiger partial charge in [0.15, 0.2) is 0 Å². The van der Waals surface area contributed by atoms with Crippen molar-refractivity contribution in [2.45, 2.75) is 45.1 Å². The van der Waals surface area contributed by atoms with Crippen LogP contribution in [0.4, 0.5) is 0 Å². The quantitative estimate of drug-likeness (QED) is 0.482. The lowest BCUT2D eigenvalue weighted by Gasteiger charge is -2.27.